The number of hydrogen-bond acceptors (Lipinski definition) is 2. The molecular weight excluding hydrogens is 186 g/mol. The highest BCUT2D eigenvalue weighted by molar-refractivity contribution is 5.41. The van der Waals surface area contributed by atoms with Crippen molar-refractivity contribution in [3.05, 3.63) is 29.7 Å². The van der Waals surface area contributed by atoms with Gasteiger partial charge in [0.05, 0.1) is 5.69 Å². The van der Waals surface area contributed by atoms with Crippen molar-refractivity contribution in [3.63, 3.8) is 0 Å². The summed E-state index contributed by atoms with van der Waals surface area (Å²) >= 11 is 0. The first-order valence-electron chi connectivity index (χ1n) is 5.65. The summed E-state index contributed by atoms with van der Waals surface area (Å²) in [6.45, 7) is 6.03. The van der Waals surface area contributed by atoms with Crippen LogP contribution in [-0.4, -0.2) is 14.6 Å². The van der Waals surface area contributed by atoms with E-state index in [-0.39, 0.29) is 0 Å². The molecule has 0 N–H and O–H groups in total. The summed E-state index contributed by atoms with van der Waals surface area (Å²) in [6.07, 6.45) is 6.49. The van der Waals surface area contributed by atoms with Gasteiger partial charge in [-0.15, -0.1) is 0 Å². The van der Waals surface area contributed by atoms with Crippen molar-refractivity contribution >= 4 is 5.65 Å². The van der Waals surface area contributed by atoms with Crippen LogP contribution in [0.3, 0.4) is 0 Å². The summed E-state index contributed by atoms with van der Waals surface area (Å²) in [5, 5.41) is 4.49. The molecule has 1 saturated carbocycles. The van der Waals surface area contributed by atoms with Gasteiger partial charge in [0, 0.05) is 24.4 Å². The van der Waals surface area contributed by atoms with Crippen molar-refractivity contribution in [2.75, 3.05) is 0 Å². The molecule has 2 aromatic heterocycles. The van der Waals surface area contributed by atoms with Crippen LogP contribution in [0.1, 0.15) is 43.9 Å². The third-order valence-electron chi connectivity index (χ3n) is 2.46. The van der Waals surface area contributed by atoms with Gasteiger partial charge in [-0.2, -0.15) is 5.10 Å². The molecule has 3 heteroatoms. The maximum Gasteiger partial charge on any atom is 0.155 e. The number of rotatable bonds is 1. The molecule has 0 bridgehead atoms. The van der Waals surface area contributed by atoms with Crippen molar-refractivity contribution < 1.29 is 0 Å². The highest BCUT2D eigenvalue weighted by Crippen LogP contribution is 2.39. The molecular formula is C12H17N3. The maximum atomic E-state index is 4.49. The smallest absolute Gasteiger partial charge is 0.155 e. The van der Waals surface area contributed by atoms with E-state index in [9.17, 15) is 0 Å². The molecule has 1 aliphatic carbocycles. The van der Waals surface area contributed by atoms with Crippen LogP contribution in [0.5, 0.6) is 0 Å². The fourth-order valence-corrected chi connectivity index (χ4v) is 1.57. The lowest BCUT2D eigenvalue weighted by molar-refractivity contribution is 0.875. The normalized spacial score (nSPS) is 14.9. The number of nitrogens with zero attached hydrogens (tertiary/aromatic N) is 3. The second-order valence-corrected chi connectivity index (χ2v) is 3.78. The second kappa shape index (κ2) is 4.01. The first-order valence-corrected chi connectivity index (χ1v) is 5.65. The van der Waals surface area contributed by atoms with E-state index >= 15 is 0 Å². The van der Waals surface area contributed by atoms with E-state index in [2.05, 4.69) is 16.1 Å². The van der Waals surface area contributed by atoms with Gasteiger partial charge < -0.3 is 0 Å². The standard InChI is InChI=1S/C10H11N3.C2H6/c1-7-5-11-10-4-9(8-2-3-8)12-13(10)6-7;1-2/h4-6,8H,2-3H2,1H3;1-2H3. The van der Waals surface area contributed by atoms with Crippen LogP contribution in [0, 0.1) is 6.92 Å². The molecule has 0 amide bonds. The molecule has 15 heavy (non-hydrogen) atoms. The second-order valence-electron chi connectivity index (χ2n) is 3.78. The Morgan fingerprint density at radius 1 is 1.33 bits per heavy atom. The molecule has 3 nitrogen and oxygen atoms in total. The molecule has 1 aliphatic rings. The first-order chi connectivity index (χ1) is 7.33. The van der Waals surface area contributed by atoms with E-state index in [0.717, 1.165) is 11.2 Å². The van der Waals surface area contributed by atoms with Crippen LogP contribution in [0.15, 0.2) is 18.5 Å². The van der Waals surface area contributed by atoms with E-state index in [0.29, 0.717) is 5.92 Å². The van der Waals surface area contributed by atoms with Gasteiger partial charge in [-0.3, -0.25) is 0 Å². The molecule has 2 aromatic rings. The highest BCUT2D eigenvalue weighted by atomic mass is 15.2. The lowest BCUT2D eigenvalue weighted by atomic mass is 10.3. The maximum absolute atomic E-state index is 4.49. The minimum atomic E-state index is 0.710. The zero-order chi connectivity index (χ0) is 10.8. The molecule has 0 saturated heterocycles. The molecule has 0 unspecified atom stereocenters. The Balaban J connectivity index is 0.000000404. The summed E-state index contributed by atoms with van der Waals surface area (Å²) in [7, 11) is 0. The Bertz CT molecular complexity index is 455. The van der Waals surface area contributed by atoms with E-state index in [1.54, 1.807) is 0 Å². The average molecular weight is 203 g/mol. The van der Waals surface area contributed by atoms with Gasteiger partial charge >= 0.3 is 0 Å². The summed E-state index contributed by atoms with van der Waals surface area (Å²) in [4.78, 5) is 4.31. The lowest BCUT2D eigenvalue weighted by Crippen LogP contribution is -1.90. The predicted molar refractivity (Wildman–Crippen MR) is 61.0 cm³/mol. The third kappa shape index (κ3) is 2.01. The highest BCUT2D eigenvalue weighted by Gasteiger charge is 2.26. The van der Waals surface area contributed by atoms with Crippen LogP contribution < -0.4 is 0 Å². The summed E-state index contributed by atoms with van der Waals surface area (Å²) in [5.74, 6) is 0.710. The lowest BCUT2D eigenvalue weighted by Gasteiger charge is -1.92. The van der Waals surface area contributed by atoms with Gasteiger partial charge in [-0.05, 0) is 25.3 Å². The fourth-order valence-electron chi connectivity index (χ4n) is 1.57. The topological polar surface area (TPSA) is 30.2 Å². The van der Waals surface area contributed by atoms with Gasteiger partial charge in [-0.1, -0.05) is 13.8 Å². The first kappa shape index (κ1) is 10.1. The Labute approximate surface area is 90.1 Å². The Hall–Kier alpha value is -1.38. The summed E-state index contributed by atoms with van der Waals surface area (Å²) in [5.41, 5.74) is 3.32. The molecule has 3 rings (SSSR count). The number of fused-ring (bicyclic) bond motifs is 1. The van der Waals surface area contributed by atoms with Gasteiger partial charge in [0.15, 0.2) is 5.65 Å². The fraction of sp³-hybridized carbons (Fsp3) is 0.500. The molecule has 0 aromatic carbocycles. The molecule has 2 heterocycles. The predicted octanol–water partition coefficient (Wildman–Crippen LogP) is 2.94. The minimum absolute atomic E-state index is 0.710. The minimum Gasteiger partial charge on any atom is -0.237 e. The monoisotopic (exact) mass is 203 g/mol. The van der Waals surface area contributed by atoms with Crippen LogP contribution in [0.25, 0.3) is 5.65 Å². The van der Waals surface area contributed by atoms with Gasteiger partial charge in [0.25, 0.3) is 0 Å². The Kier molecular flexibility index (Phi) is 2.71. The molecule has 1 fully saturated rings. The Morgan fingerprint density at radius 3 is 2.73 bits per heavy atom. The summed E-state index contributed by atoms with van der Waals surface area (Å²) in [6, 6.07) is 2.09. The van der Waals surface area contributed by atoms with E-state index in [1.165, 1.54) is 18.5 Å². The number of aromatic nitrogens is 3. The van der Waals surface area contributed by atoms with Crippen molar-refractivity contribution in [2.24, 2.45) is 0 Å². The summed E-state index contributed by atoms with van der Waals surface area (Å²) < 4.78 is 1.88. The largest absolute Gasteiger partial charge is 0.237 e. The van der Waals surface area contributed by atoms with Gasteiger partial charge in [0.2, 0.25) is 0 Å². The van der Waals surface area contributed by atoms with Crippen molar-refractivity contribution in [3.8, 4) is 0 Å². The van der Waals surface area contributed by atoms with E-state index < -0.39 is 0 Å². The third-order valence-corrected chi connectivity index (χ3v) is 2.46. The van der Waals surface area contributed by atoms with Gasteiger partial charge in [0.1, 0.15) is 0 Å². The quantitative estimate of drug-likeness (QED) is 0.713. The number of hydrogen-bond donors (Lipinski definition) is 0. The molecule has 80 valence electrons. The van der Waals surface area contributed by atoms with E-state index in [4.69, 9.17) is 0 Å². The number of aryl methyl sites for hydroxylation is 1. The van der Waals surface area contributed by atoms with Crippen LogP contribution in [-0.2, 0) is 0 Å². The molecule has 0 aliphatic heterocycles. The average Bonchev–Trinajstić information content (AvgIpc) is 3.02. The van der Waals surface area contributed by atoms with Crippen molar-refractivity contribution in [1.82, 2.24) is 14.6 Å². The van der Waals surface area contributed by atoms with E-state index in [1.807, 2.05) is 37.7 Å². The Morgan fingerprint density at radius 2 is 2.07 bits per heavy atom. The van der Waals surface area contributed by atoms with Crippen molar-refractivity contribution in [2.45, 2.75) is 39.5 Å². The van der Waals surface area contributed by atoms with Crippen LogP contribution >= 0.6 is 0 Å². The zero-order valence-electron chi connectivity index (χ0n) is 9.57. The zero-order valence-corrected chi connectivity index (χ0v) is 9.57. The van der Waals surface area contributed by atoms with Crippen molar-refractivity contribution in [1.29, 1.82) is 0 Å². The molecule has 0 radical (unpaired) electrons. The molecule has 0 atom stereocenters. The SMILES string of the molecule is CC.Cc1cnc2cc(C3CC3)nn2c1. The van der Waals surface area contributed by atoms with Crippen LogP contribution in [0.2, 0.25) is 0 Å². The van der Waals surface area contributed by atoms with Crippen LogP contribution in [0.4, 0.5) is 0 Å². The molecule has 0 spiro atoms. The van der Waals surface area contributed by atoms with Gasteiger partial charge in [-0.25, -0.2) is 9.50 Å².